The maximum atomic E-state index is 5.60. The van der Waals surface area contributed by atoms with Crippen LogP contribution in [0.2, 0.25) is 0 Å². The highest BCUT2D eigenvalue weighted by molar-refractivity contribution is 7.13. The van der Waals surface area contributed by atoms with Gasteiger partial charge in [0.2, 0.25) is 0 Å². The summed E-state index contributed by atoms with van der Waals surface area (Å²) in [5.41, 5.74) is 0. The molecular formula is C11H21N3O2S. The van der Waals surface area contributed by atoms with Gasteiger partial charge < -0.3 is 14.8 Å². The van der Waals surface area contributed by atoms with Crippen molar-refractivity contribution in [1.29, 1.82) is 0 Å². The fourth-order valence-electron chi connectivity index (χ4n) is 1.14. The van der Waals surface area contributed by atoms with Crippen LogP contribution >= 0.6 is 11.3 Å². The van der Waals surface area contributed by atoms with Crippen molar-refractivity contribution in [2.75, 3.05) is 13.2 Å². The van der Waals surface area contributed by atoms with Gasteiger partial charge in [-0.05, 0) is 13.8 Å². The summed E-state index contributed by atoms with van der Waals surface area (Å²) in [5.74, 6) is 0. The van der Waals surface area contributed by atoms with E-state index in [0.29, 0.717) is 24.4 Å². The lowest BCUT2D eigenvalue weighted by molar-refractivity contribution is 0.0652. The molecule has 0 aliphatic rings. The maximum Gasteiger partial charge on any atom is 0.294 e. The molecule has 0 fully saturated rings. The van der Waals surface area contributed by atoms with E-state index < -0.39 is 0 Å². The van der Waals surface area contributed by atoms with Crippen molar-refractivity contribution in [3.63, 3.8) is 0 Å². The molecular weight excluding hydrogens is 238 g/mol. The molecule has 17 heavy (non-hydrogen) atoms. The number of hydrogen-bond donors (Lipinski definition) is 1. The summed E-state index contributed by atoms with van der Waals surface area (Å²) in [6, 6.07) is 0.445. The zero-order chi connectivity index (χ0) is 12.7. The summed E-state index contributed by atoms with van der Waals surface area (Å²) >= 11 is 1.47. The fourth-order valence-corrected chi connectivity index (χ4v) is 1.87. The lowest BCUT2D eigenvalue weighted by Crippen LogP contribution is -2.21. The van der Waals surface area contributed by atoms with Crippen LogP contribution in [0.1, 0.15) is 32.7 Å². The largest absolute Gasteiger partial charge is 0.463 e. The lowest BCUT2D eigenvalue weighted by Gasteiger charge is -2.10. The fraction of sp³-hybridized carbons (Fsp3) is 0.818. The monoisotopic (exact) mass is 259 g/mol. The third kappa shape index (κ3) is 5.95. The third-order valence-electron chi connectivity index (χ3n) is 1.97. The molecule has 0 aliphatic carbocycles. The van der Waals surface area contributed by atoms with Crippen molar-refractivity contribution in [1.82, 2.24) is 15.5 Å². The van der Waals surface area contributed by atoms with Crippen LogP contribution in [0, 0.1) is 0 Å². The molecule has 0 aliphatic heterocycles. The molecule has 6 heteroatoms. The second-order valence-corrected chi connectivity index (χ2v) is 5.11. The van der Waals surface area contributed by atoms with Gasteiger partial charge in [0, 0.05) is 12.6 Å². The van der Waals surface area contributed by atoms with E-state index in [1.54, 1.807) is 0 Å². The van der Waals surface area contributed by atoms with Gasteiger partial charge in [-0.3, -0.25) is 0 Å². The number of rotatable bonds is 8. The molecule has 0 radical (unpaired) electrons. The van der Waals surface area contributed by atoms with Crippen molar-refractivity contribution in [3.8, 4) is 5.19 Å². The quantitative estimate of drug-likeness (QED) is 0.772. The predicted molar refractivity (Wildman–Crippen MR) is 68.5 cm³/mol. The lowest BCUT2D eigenvalue weighted by atomic mass is 10.4. The number of aromatic nitrogens is 2. The summed E-state index contributed by atoms with van der Waals surface area (Å²) in [4.78, 5) is 0. The van der Waals surface area contributed by atoms with Crippen LogP contribution in [0.25, 0.3) is 0 Å². The molecule has 1 unspecified atom stereocenters. The number of ether oxygens (including phenoxy) is 2. The van der Waals surface area contributed by atoms with Crippen LogP contribution in [0.4, 0.5) is 0 Å². The van der Waals surface area contributed by atoms with Crippen LogP contribution in [0.5, 0.6) is 5.19 Å². The Kier molecular flexibility index (Phi) is 6.39. The average Bonchev–Trinajstić information content (AvgIpc) is 2.71. The second kappa shape index (κ2) is 7.58. The van der Waals surface area contributed by atoms with E-state index >= 15 is 0 Å². The van der Waals surface area contributed by atoms with E-state index in [1.807, 2.05) is 13.8 Å². The van der Waals surface area contributed by atoms with Gasteiger partial charge in [0.05, 0.1) is 13.2 Å². The van der Waals surface area contributed by atoms with Crippen LogP contribution in [-0.4, -0.2) is 35.6 Å². The summed E-state index contributed by atoms with van der Waals surface area (Å²) < 4.78 is 10.9. The first kappa shape index (κ1) is 14.3. The van der Waals surface area contributed by atoms with E-state index in [-0.39, 0.29) is 6.10 Å². The van der Waals surface area contributed by atoms with Crippen LogP contribution < -0.4 is 10.1 Å². The SMILES string of the molecule is CCOCC(C)Oc1nnc(CNC(C)C)s1. The van der Waals surface area contributed by atoms with E-state index in [9.17, 15) is 0 Å². The van der Waals surface area contributed by atoms with Crippen molar-refractivity contribution in [2.45, 2.75) is 46.4 Å². The number of nitrogens with one attached hydrogen (secondary N) is 1. The van der Waals surface area contributed by atoms with E-state index in [0.717, 1.165) is 11.6 Å². The number of nitrogens with zero attached hydrogens (tertiary/aromatic N) is 2. The minimum atomic E-state index is 0.00816. The Labute approximate surface area is 107 Å². The van der Waals surface area contributed by atoms with E-state index in [4.69, 9.17) is 9.47 Å². The minimum absolute atomic E-state index is 0.00816. The highest BCUT2D eigenvalue weighted by Crippen LogP contribution is 2.19. The van der Waals surface area contributed by atoms with Crippen molar-refractivity contribution >= 4 is 11.3 Å². The molecule has 1 N–H and O–H groups in total. The van der Waals surface area contributed by atoms with Gasteiger partial charge in [0.25, 0.3) is 5.19 Å². The van der Waals surface area contributed by atoms with E-state index in [1.165, 1.54) is 11.3 Å². The number of hydrogen-bond acceptors (Lipinski definition) is 6. The average molecular weight is 259 g/mol. The summed E-state index contributed by atoms with van der Waals surface area (Å²) in [6.07, 6.45) is 0.00816. The first-order valence-electron chi connectivity index (χ1n) is 5.92. The molecule has 0 saturated carbocycles. The van der Waals surface area contributed by atoms with Gasteiger partial charge in [0.15, 0.2) is 0 Å². The predicted octanol–water partition coefficient (Wildman–Crippen LogP) is 1.84. The summed E-state index contributed by atoms with van der Waals surface area (Å²) in [5, 5.41) is 12.9. The van der Waals surface area contributed by atoms with Crippen molar-refractivity contribution in [3.05, 3.63) is 5.01 Å². The Hall–Kier alpha value is -0.720. The van der Waals surface area contributed by atoms with Crippen LogP contribution in [0.15, 0.2) is 0 Å². The smallest absolute Gasteiger partial charge is 0.294 e. The Morgan fingerprint density at radius 2 is 2.06 bits per heavy atom. The van der Waals surface area contributed by atoms with Crippen LogP contribution in [0.3, 0.4) is 0 Å². The molecule has 98 valence electrons. The van der Waals surface area contributed by atoms with E-state index in [2.05, 4.69) is 29.4 Å². The standard InChI is InChI=1S/C11H21N3O2S/c1-5-15-7-9(4)16-11-14-13-10(17-11)6-12-8(2)3/h8-9,12H,5-7H2,1-4H3. The first-order valence-corrected chi connectivity index (χ1v) is 6.73. The molecule has 0 bridgehead atoms. The molecule has 0 spiro atoms. The maximum absolute atomic E-state index is 5.60. The topological polar surface area (TPSA) is 56.3 Å². The Morgan fingerprint density at radius 1 is 1.29 bits per heavy atom. The van der Waals surface area contributed by atoms with Crippen molar-refractivity contribution < 1.29 is 9.47 Å². The zero-order valence-electron chi connectivity index (χ0n) is 10.9. The molecule has 1 atom stereocenters. The normalized spacial score (nSPS) is 13.0. The Morgan fingerprint density at radius 3 is 2.71 bits per heavy atom. The highest BCUT2D eigenvalue weighted by atomic mass is 32.1. The summed E-state index contributed by atoms with van der Waals surface area (Å²) in [7, 11) is 0. The molecule has 1 heterocycles. The van der Waals surface area contributed by atoms with Gasteiger partial charge in [-0.15, -0.1) is 5.10 Å². The second-order valence-electron chi connectivity index (χ2n) is 4.09. The Balaban J connectivity index is 2.34. The highest BCUT2D eigenvalue weighted by Gasteiger charge is 2.09. The van der Waals surface area contributed by atoms with Gasteiger partial charge in [0.1, 0.15) is 11.1 Å². The molecule has 1 aromatic heterocycles. The van der Waals surface area contributed by atoms with Crippen LogP contribution in [-0.2, 0) is 11.3 Å². The summed E-state index contributed by atoms with van der Waals surface area (Å²) in [6.45, 7) is 10.1. The molecule has 0 amide bonds. The first-order chi connectivity index (χ1) is 8.11. The molecule has 1 aromatic rings. The van der Waals surface area contributed by atoms with Gasteiger partial charge >= 0.3 is 0 Å². The van der Waals surface area contributed by atoms with Gasteiger partial charge in [-0.1, -0.05) is 30.3 Å². The molecule has 5 nitrogen and oxygen atoms in total. The third-order valence-corrected chi connectivity index (χ3v) is 2.78. The molecule has 0 saturated heterocycles. The van der Waals surface area contributed by atoms with Crippen molar-refractivity contribution in [2.24, 2.45) is 0 Å². The minimum Gasteiger partial charge on any atom is -0.463 e. The van der Waals surface area contributed by atoms with Gasteiger partial charge in [-0.25, -0.2) is 0 Å². The zero-order valence-corrected chi connectivity index (χ0v) is 11.7. The molecule has 0 aromatic carbocycles. The van der Waals surface area contributed by atoms with Gasteiger partial charge in [-0.2, -0.15) is 0 Å². The Bertz CT molecular complexity index is 317. The molecule has 1 rings (SSSR count).